The fourth-order valence-corrected chi connectivity index (χ4v) is 6.58. The monoisotopic (exact) mass is 639 g/mol. The molecule has 2 aromatic carbocycles. The third-order valence-electron chi connectivity index (χ3n) is 7.80. The van der Waals surface area contributed by atoms with Gasteiger partial charge in [0.25, 0.3) is 5.91 Å². The van der Waals surface area contributed by atoms with E-state index in [1.165, 1.54) is 51.7 Å². The first-order valence-electron chi connectivity index (χ1n) is 14.2. The van der Waals surface area contributed by atoms with E-state index in [4.69, 9.17) is 15.2 Å². The van der Waals surface area contributed by atoms with Crippen molar-refractivity contribution in [3.05, 3.63) is 71.5 Å². The van der Waals surface area contributed by atoms with E-state index in [2.05, 4.69) is 10.3 Å². The van der Waals surface area contributed by atoms with Crippen molar-refractivity contribution in [3.63, 3.8) is 0 Å². The summed E-state index contributed by atoms with van der Waals surface area (Å²) in [6.45, 7) is 3.46. The van der Waals surface area contributed by atoms with Gasteiger partial charge in [-0.1, -0.05) is 6.07 Å². The Labute approximate surface area is 261 Å². The number of ether oxygens (including phenoxy) is 2. The highest BCUT2D eigenvalue weighted by Crippen LogP contribution is 2.41. The Hall–Kier alpha value is -4.85. The molecule has 1 saturated heterocycles. The summed E-state index contributed by atoms with van der Waals surface area (Å²) in [7, 11) is 0.523. The number of carbonyl (C=O) groups is 3. The fourth-order valence-electron chi connectivity index (χ4n) is 5.29. The number of hydrogen-bond acceptors (Lipinski definition) is 9. The molecular weight excluding hydrogens is 602 g/mol. The van der Waals surface area contributed by atoms with E-state index < -0.39 is 39.2 Å². The first-order chi connectivity index (χ1) is 21.3. The maximum Gasteiger partial charge on any atom is 0.411 e. The largest absolute Gasteiger partial charge is 0.493 e. The molecule has 0 saturated carbocycles. The maximum absolute atomic E-state index is 14.6. The molecule has 1 aromatic heterocycles. The van der Waals surface area contributed by atoms with Gasteiger partial charge in [-0.2, -0.15) is 0 Å². The summed E-state index contributed by atoms with van der Waals surface area (Å²) < 4.78 is 37.9. The number of carbonyl (C=O) groups excluding carboxylic acids is 2. The van der Waals surface area contributed by atoms with Crippen LogP contribution in [-0.4, -0.2) is 74.4 Å². The second-order valence-electron chi connectivity index (χ2n) is 10.8. The zero-order valence-electron chi connectivity index (χ0n) is 25.7. The van der Waals surface area contributed by atoms with Crippen LogP contribution in [0.15, 0.2) is 59.6 Å². The van der Waals surface area contributed by atoms with Gasteiger partial charge in [0.15, 0.2) is 21.3 Å². The summed E-state index contributed by atoms with van der Waals surface area (Å²) in [6.07, 6.45) is 1.21. The molecule has 13 nitrogen and oxygen atoms in total. The minimum atomic E-state index is -3.81. The van der Waals surface area contributed by atoms with Crippen molar-refractivity contribution < 1.29 is 37.4 Å². The van der Waals surface area contributed by atoms with Crippen molar-refractivity contribution in [2.45, 2.75) is 48.9 Å². The minimum absolute atomic E-state index is 0.000425. The third kappa shape index (κ3) is 6.80. The summed E-state index contributed by atoms with van der Waals surface area (Å²) in [5, 5.41) is 12.0. The van der Waals surface area contributed by atoms with E-state index in [0.29, 0.717) is 47.7 Å². The van der Waals surface area contributed by atoms with Crippen LogP contribution in [0.3, 0.4) is 0 Å². The van der Waals surface area contributed by atoms with Gasteiger partial charge in [0.05, 0.1) is 30.4 Å². The smallest absolute Gasteiger partial charge is 0.411 e. The van der Waals surface area contributed by atoms with E-state index in [1.54, 1.807) is 43.0 Å². The molecule has 0 radical (unpaired) electrons. The second kappa shape index (κ2) is 13.4. The molecule has 4 rings (SSSR count). The van der Waals surface area contributed by atoms with Crippen LogP contribution < -0.4 is 25.4 Å². The number of likely N-dealkylation sites (tertiary alicyclic amines) is 1. The molecule has 1 fully saturated rings. The molecule has 3 aromatic rings. The molecule has 0 spiro atoms. The normalized spacial score (nSPS) is 15.4. The highest BCUT2D eigenvalue weighted by Gasteiger charge is 2.38. The van der Waals surface area contributed by atoms with Crippen LogP contribution in [0, 0.1) is 0 Å². The van der Waals surface area contributed by atoms with Crippen LogP contribution in [-0.2, 0) is 14.6 Å². The van der Waals surface area contributed by atoms with E-state index in [0.717, 1.165) is 4.90 Å². The summed E-state index contributed by atoms with van der Waals surface area (Å²) in [5.74, 6) is -0.284. The number of methoxy groups -OCH3 is 2. The lowest BCUT2D eigenvalue weighted by Crippen LogP contribution is -2.38. The number of nitrogens with one attached hydrogen (secondary N) is 1. The van der Waals surface area contributed by atoms with Gasteiger partial charge in [-0.05, 0) is 80.3 Å². The van der Waals surface area contributed by atoms with Gasteiger partial charge in [-0.25, -0.2) is 13.2 Å². The lowest BCUT2D eigenvalue weighted by molar-refractivity contribution is -0.133. The quantitative estimate of drug-likeness (QED) is 0.277. The van der Waals surface area contributed by atoms with Crippen molar-refractivity contribution >= 4 is 39.1 Å². The minimum Gasteiger partial charge on any atom is -0.493 e. The first kappa shape index (κ1) is 33.1. The van der Waals surface area contributed by atoms with Gasteiger partial charge >= 0.3 is 6.09 Å². The molecule has 1 aliphatic rings. The predicted molar refractivity (Wildman–Crippen MR) is 168 cm³/mol. The van der Waals surface area contributed by atoms with Crippen molar-refractivity contribution in [2.24, 2.45) is 5.73 Å². The van der Waals surface area contributed by atoms with E-state index in [1.807, 2.05) is 0 Å². The first-order valence-corrected chi connectivity index (χ1v) is 15.7. The zero-order chi connectivity index (χ0) is 33.1. The number of benzene rings is 2. The standard InChI is InChI=1S/C31H37N5O8S/c1-18(2)45(41,42)27-11-9-21(35(3)31(39)40)17-22(27)24-7-6-14-36(24)30(38)28(19-8-10-25(43-4)26(15-19)44-5)34-20-12-13-33-23(16-20)29(32)37/h8-13,15-18,24,28H,6-7,14H2,1-5H3,(H2,32,37)(H,33,34)(H,39,40)/t24-,28-/m1/s1. The van der Waals surface area contributed by atoms with E-state index >= 15 is 0 Å². The maximum atomic E-state index is 14.6. The van der Waals surface area contributed by atoms with E-state index in [9.17, 15) is 27.9 Å². The van der Waals surface area contributed by atoms with Crippen LogP contribution in [0.5, 0.6) is 11.5 Å². The number of carboxylic acid groups (broad SMARTS) is 1. The van der Waals surface area contributed by atoms with Crippen LogP contribution in [0.2, 0.25) is 0 Å². The average molecular weight is 640 g/mol. The Bertz CT molecular complexity index is 1710. The number of nitrogens with zero attached hydrogens (tertiary/aromatic N) is 3. The molecule has 0 bridgehead atoms. The molecule has 2 heterocycles. The van der Waals surface area contributed by atoms with Gasteiger partial charge in [0.2, 0.25) is 5.91 Å². The number of primary amides is 1. The molecule has 4 N–H and O–H groups in total. The summed E-state index contributed by atoms with van der Waals surface area (Å²) in [4.78, 5) is 44.8. The van der Waals surface area contributed by atoms with Crippen molar-refractivity contribution in [1.29, 1.82) is 0 Å². The second-order valence-corrected chi connectivity index (χ2v) is 13.3. The lowest BCUT2D eigenvalue weighted by atomic mass is 10.0. The van der Waals surface area contributed by atoms with Crippen LogP contribution in [0.4, 0.5) is 16.2 Å². The van der Waals surface area contributed by atoms with Crippen LogP contribution in [0.25, 0.3) is 0 Å². The summed E-state index contributed by atoms with van der Waals surface area (Å²) in [6, 6.07) is 10.7. The number of hydrogen-bond donors (Lipinski definition) is 3. The molecule has 3 amide bonds. The summed E-state index contributed by atoms with van der Waals surface area (Å²) >= 11 is 0. The predicted octanol–water partition coefficient (Wildman–Crippen LogP) is 4.01. The molecule has 2 atom stereocenters. The Morgan fingerprint density at radius 1 is 1.07 bits per heavy atom. The Morgan fingerprint density at radius 3 is 2.40 bits per heavy atom. The fraction of sp³-hybridized carbons (Fsp3) is 0.355. The van der Waals surface area contributed by atoms with E-state index in [-0.39, 0.29) is 22.2 Å². The van der Waals surface area contributed by atoms with Crippen molar-refractivity contribution in [2.75, 3.05) is 38.0 Å². The summed E-state index contributed by atoms with van der Waals surface area (Å²) in [5.41, 5.74) is 6.95. The Balaban J connectivity index is 1.85. The molecule has 0 unspecified atom stereocenters. The number of rotatable bonds is 11. The Morgan fingerprint density at radius 2 is 1.78 bits per heavy atom. The van der Waals surface area contributed by atoms with Crippen molar-refractivity contribution in [3.8, 4) is 11.5 Å². The average Bonchev–Trinajstić information content (AvgIpc) is 3.52. The lowest BCUT2D eigenvalue weighted by Gasteiger charge is -2.32. The molecule has 45 heavy (non-hydrogen) atoms. The zero-order valence-corrected chi connectivity index (χ0v) is 26.5. The molecule has 14 heteroatoms. The molecular formula is C31H37N5O8S. The number of sulfone groups is 1. The SMILES string of the molecule is COc1ccc([C@@H](Nc2ccnc(C(N)=O)c2)C(=O)N2CCC[C@@H]2c2cc(N(C)C(=O)O)ccc2S(=O)(=O)C(C)C)cc1OC. The number of aromatic nitrogens is 1. The third-order valence-corrected chi connectivity index (χ3v) is 10.0. The van der Waals surface area contributed by atoms with Gasteiger partial charge < -0.3 is 30.5 Å². The molecule has 1 aliphatic heterocycles. The van der Waals surface area contributed by atoms with Crippen LogP contribution >= 0.6 is 0 Å². The Kier molecular flexibility index (Phi) is 9.86. The van der Waals surface area contributed by atoms with Gasteiger partial charge in [0.1, 0.15) is 11.7 Å². The van der Waals surface area contributed by atoms with Gasteiger partial charge in [0, 0.05) is 31.2 Å². The molecule has 240 valence electrons. The van der Waals surface area contributed by atoms with Crippen molar-refractivity contribution in [1.82, 2.24) is 9.88 Å². The van der Waals surface area contributed by atoms with Gasteiger partial charge in [-0.15, -0.1) is 0 Å². The highest BCUT2D eigenvalue weighted by molar-refractivity contribution is 7.92. The molecule has 0 aliphatic carbocycles. The number of anilines is 2. The number of amides is 3. The number of pyridine rings is 1. The topological polar surface area (TPSA) is 181 Å². The van der Waals surface area contributed by atoms with Gasteiger partial charge in [-0.3, -0.25) is 19.5 Å². The number of nitrogens with two attached hydrogens (primary N) is 1. The van der Waals surface area contributed by atoms with Crippen LogP contribution in [0.1, 0.15) is 60.4 Å². The highest BCUT2D eigenvalue weighted by atomic mass is 32.2.